The SMILES string of the molecule is Cc1c(-c2ccccc2)oc2c(C(=O)N[C@@H](C)c3ccncc3)cccc2c1=O. The molecule has 2 aromatic carbocycles. The summed E-state index contributed by atoms with van der Waals surface area (Å²) in [5.74, 6) is 0.177. The average Bonchev–Trinajstić information content (AvgIpc) is 2.77. The monoisotopic (exact) mass is 384 g/mol. The van der Waals surface area contributed by atoms with Crippen molar-refractivity contribution < 1.29 is 9.21 Å². The number of fused-ring (bicyclic) bond motifs is 1. The summed E-state index contributed by atoms with van der Waals surface area (Å²) in [6.45, 7) is 3.64. The van der Waals surface area contributed by atoms with Crippen LogP contribution in [0.15, 0.2) is 82.3 Å². The smallest absolute Gasteiger partial charge is 0.255 e. The molecule has 0 spiro atoms. The van der Waals surface area contributed by atoms with Gasteiger partial charge in [-0.15, -0.1) is 0 Å². The number of aromatic nitrogens is 1. The van der Waals surface area contributed by atoms with E-state index in [4.69, 9.17) is 4.42 Å². The van der Waals surface area contributed by atoms with Crippen molar-refractivity contribution in [2.75, 3.05) is 0 Å². The first-order chi connectivity index (χ1) is 14.1. The first-order valence-electron chi connectivity index (χ1n) is 9.39. The molecule has 0 unspecified atom stereocenters. The fourth-order valence-electron chi connectivity index (χ4n) is 3.36. The molecule has 0 fully saturated rings. The van der Waals surface area contributed by atoms with E-state index >= 15 is 0 Å². The van der Waals surface area contributed by atoms with E-state index < -0.39 is 0 Å². The minimum atomic E-state index is -0.300. The maximum atomic E-state index is 13.0. The van der Waals surface area contributed by atoms with Crippen LogP contribution in [0.4, 0.5) is 0 Å². The number of carbonyl (C=O) groups is 1. The second kappa shape index (κ2) is 7.72. The van der Waals surface area contributed by atoms with Gasteiger partial charge in [0.25, 0.3) is 5.91 Å². The van der Waals surface area contributed by atoms with Gasteiger partial charge >= 0.3 is 0 Å². The summed E-state index contributed by atoms with van der Waals surface area (Å²) in [6.07, 6.45) is 3.37. The van der Waals surface area contributed by atoms with Crippen molar-refractivity contribution in [2.24, 2.45) is 0 Å². The van der Waals surface area contributed by atoms with Gasteiger partial charge in [0.2, 0.25) is 0 Å². The lowest BCUT2D eigenvalue weighted by atomic mass is 10.0. The number of rotatable bonds is 4. The normalized spacial score (nSPS) is 11.9. The van der Waals surface area contributed by atoms with Crippen molar-refractivity contribution in [3.63, 3.8) is 0 Å². The predicted octanol–water partition coefficient (Wildman–Crippen LogP) is 4.65. The highest BCUT2D eigenvalue weighted by atomic mass is 16.3. The van der Waals surface area contributed by atoms with Crippen LogP contribution >= 0.6 is 0 Å². The lowest BCUT2D eigenvalue weighted by molar-refractivity contribution is 0.0940. The van der Waals surface area contributed by atoms with E-state index in [9.17, 15) is 9.59 Å². The summed E-state index contributed by atoms with van der Waals surface area (Å²) >= 11 is 0. The Bertz CT molecular complexity index is 1230. The molecule has 0 radical (unpaired) electrons. The zero-order valence-corrected chi connectivity index (χ0v) is 16.2. The number of amides is 1. The minimum absolute atomic E-state index is 0.137. The lowest BCUT2D eigenvalue weighted by Gasteiger charge is -2.15. The molecule has 0 bridgehead atoms. The van der Waals surface area contributed by atoms with Gasteiger partial charge in [-0.25, -0.2) is 0 Å². The van der Waals surface area contributed by atoms with Crippen molar-refractivity contribution in [3.8, 4) is 11.3 Å². The highest BCUT2D eigenvalue weighted by molar-refractivity contribution is 6.05. The van der Waals surface area contributed by atoms with Crippen LogP contribution in [-0.4, -0.2) is 10.9 Å². The third-order valence-electron chi connectivity index (χ3n) is 4.98. The first-order valence-corrected chi connectivity index (χ1v) is 9.39. The molecule has 0 saturated carbocycles. The standard InChI is InChI=1S/C24H20N2O3/c1-15-21(27)19-9-6-10-20(23(19)29-22(15)18-7-4-3-5-8-18)24(28)26-16(2)17-11-13-25-14-12-17/h3-14,16H,1-2H3,(H,26,28)/t16-/m0/s1. The quantitative estimate of drug-likeness (QED) is 0.556. The van der Waals surface area contributed by atoms with Gasteiger partial charge in [-0.3, -0.25) is 14.6 Å². The molecule has 1 N–H and O–H groups in total. The van der Waals surface area contributed by atoms with Crippen molar-refractivity contribution >= 4 is 16.9 Å². The van der Waals surface area contributed by atoms with Gasteiger partial charge in [0, 0.05) is 23.5 Å². The highest BCUT2D eigenvalue weighted by Gasteiger charge is 2.19. The number of pyridine rings is 1. The molecule has 1 amide bonds. The number of para-hydroxylation sites is 1. The number of hydrogen-bond acceptors (Lipinski definition) is 4. The second-order valence-electron chi connectivity index (χ2n) is 6.91. The molecule has 2 aromatic heterocycles. The van der Waals surface area contributed by atoms with E-state index in [1.54, 1.807) is 37.5 Å². The summed E-state index contributed by atoms with van der Waals surface area (Å²) in [7, 11) is 0. The molecule has 0 aliphatic rings. The van der Waals surface area contributed by atoms with Crippen molar-refractivity contribution in [3.05, 3.63) is 100.0 Å². The Hall–Kier alpha value is -3.73. The van der Waals surface area contributed by atoms with E-state index in [1.165, 1.54) is 0 Å². The fraction of sp³-hybridized carbons (Fsp3) is 0.125. The highest BCUT2D eigenvalue weighted by Crippen LogP contribution is 2.27. The topological polar surface area (TPSA) is 72.2 Å². The Labute approximate surface area is 168 Å². The van der Waals surface area contributed by atoms with Gasteiger partial charge in [0.05, 0.1) is 17.0 Å². The van der Waals surface area contributed by atoms with Gasteiger partial charge in [0.1, 0.15) is 5.76 Å². The molecular weight excluding hydrogens is 364 g/mol. The van der Waals surface area contributed by atoms with Crippen LogP contribution in [0.3, 0.4) is 0 Å². The van der Waals surface area contributed by atoms with Gasteiger partial charge in [-0.1, -0.05) is 36.4 Å². The molecule has 144 valence electrons. The maximum Gasteiger partial charge on any atom is 0.255 e. The largest absolute Gasteiger partial charge is 0.455 e. The Kier molecular flexibility index (Phi) is 4.96. The lowest BCUT2D eigenvalue weighted by Crippen LogP contribution is -2.27. The Morgan fingerprint density at radius 3 is 2.45 bits per heavy atom. The summed E-state index contributed by atoms with van der Waals surface area (Å²) in [5.41, 5.74) is 2.74. The zero-order valence-electron chi connectivity index (χ0n) is 16.2. The van der Waals surface area contributed by atoms with Gasteiger partial charge in [0.15, 0.2) is 11.0 Å². The molecule has 4 aromatic rings. The van der Waals surface area contributed by atoms with Crippen LogP contribution in [0.5, 0.6) is 0 Å². The van der Waals surface area contributed by atoms with E-state index in [2.05, 4.69) is 10.3 Å². The molecular formula is C24H20N2O3. The van der Waals surface area contributed by atoms with Crippen LogP contribution in [0, 0.1) is 6.92 Å². The Morgan fingerprint density at radius 1 is 1.00 bits per heavy atom. The number of nitrogens with zero attached hydrogens (tertiary/aromatic N) is 1. The van der Waals surface area contributed by atoms with E-state index in [1.807, 2.05) is 49.4 Å². The summed E-state index contributed by atoms with van der Waals surface area (Å²) in [4.78, 5) is 29.9. The summed E-state index contributed by atoms with van der Waals surface area (Å²) in [5, 5.41) is 3.36. The van der Waals surface area contributed by atoms with Gasteiger partial charge in [-0.05, 0) is 43.7 Å². The molecule has 2 heterocycles. The maximum absolute atomic E-state index is 13.0. The van der Waals surface area contributed by atoms with Crippen molar-refractivity contribution in [1.29, 1.82) is 0 Å². The number of benzene rings is 2. The molecule has 5 nitrogen and oxygen atoms in total. The second-order valence-corrected chi connectivity index (χ2v) is 6.91. The summed E-state index contributed by atoms with van der Waals surface area (Å²) < 4.78 is 6.13. The first kappa shape index (κ1) is 18.6. The van der Waals surface area contributed by atoms with Crippen LogP contribution in [-0.2, 0) is 0 Å². The van der Waals surface area contributed by atoms with Crippen LogP contribution in [0.1, 0.15) is 34.5 Å². The zero-order chi connectivity index (χ0) is 20.4. The number of carbonyl (C=O) groups excluding carboxylic acids is 1. The predicted molar refractivity (Wildman–Crippen MR) is 113 cm³/mol. The third-order valence-corrected chi connectivity index (χ3v) is 4.98. The van der Waals surface area contributed by atoms with Crippen LogP contribution in [0.2, 0.25) is 0 Å². The Morgan fingerprint density at radius 2 is 1.72 bits per heavy atom. The molecule has 5 heteroatoms. The summed E-state index contributed by atoms with van der Waals surface area (Å²) in [6, 6.07) is 18.0. The van der Waals surface area contributed by atoms with E-state index in [0.29, 0.717) is 27.9 Å². The van der Waals surface area contributed by atoms with Crippen LogP contribution < -0.4 is 10.7 Å². The molecule has 0 saturated heterocycles. The molecule has 29 heavy (non-hydrogen) atoms. The Balaban J connectivity index is 1.80. The molecule has 4 rings (SSSR count). The molecule has 0 aliphatic heterocycles. The fourth-order valence-corrected chi connectivity index (χ4v) is 3.36. The minimum Gasteiger partial charge on any atom is -0.455 e. The van der Waals surface area contributed by atoms with Crippen LogP contribution in [0.25, 0.3) is 22.3 Å². The van der Waals surface area contributed by atoms with Crippen molar-refractivity contribution in [1.82, 2.24) is 10.3 Å². The average molecular weight is 384 g/mol. The number of nitrogens with one attached hydrogen (secondary N) is 1. The molecule has 1 atom stereocenters. The number of hydrogen-bond donors (Lipinski definition) is 1. The van der Waals surface area contributed by atoms with Gasteiger partial charge in [-0.2, -0.15) is 0 Å². The van der Waals surface area contributed by atoms with E-state index in [0.717, 1.165) is 11.1 Å². The van der Waals surface area contributed by atoms with E-state index in [-0.39, 0.29) is 17.4 Å². The third kappa shape index (κ3) is 3.55. The van der Waals surface area contributed by atoms with Gasteiger partial charge < -0.3 is 9.73 Å². The molecule has 0 aliphatic carbocycles. The van der Waals surface area contributed by atoms with Crippen molar-refractivity contribution in [2.45, 2.75) is 19.9 Å².